The van der Waals surface area contributed by atoms with Gasteiger partial charge in [0.15, 0.2) is 0 Å². The molecule has 0 aromatic heterocycles. The SMILES string of the molecule is O=C(C=Cc1ccc(C(F)(F)F)cc1)NC1CCN(C2CCCC2)CC1. The topological polar surface area (TPSA) is 32.3 Å². The van der Waals surface area contributed by atoms with Crippen LogP contribution in [0.5, 0.6) is 0 Å². The number of hydrogen-bond acceptors (Lipinski definition) is 2. The largest absolute Gasteiger partial charge is 0.416 e. The van der Waals surface area contributed by atoms with Gasteiger partial charge in [-0.2, -0.15) is 13.2 Å². The number of carbonyl (C=O) groups is 1. The number of likely N-dealkylation sites (tertiary alicyclic amines) is 1. The average Bonchev–Trinajstić information content (AvgIpc) is 3.15. The molecule has 0 unspecified atom stereocenters. The Hall–Kier alpha value is -1.82. The lowest BCUT2D eigenvalue weighted by atomic mass is 10.0. The zero-order valence-corrected chi connectivity index (χ0v) is 14.8. The monoisotopic (exact) mass is 366 g/mol. The van der Waals surface area contributed by atoms with Crippen LogP contribution < -0.4 is 5.32 Å². The third kappa shape index (κ3) is 5.10. The first kappa shape index (κ1) is 19.0. The van der Waals surface area contributed by atoms with Gasteiger partial charge in [-0.05, 0) is 49.5 Å². The number of benzene rings is 1. The Labute approximate surface area is 152 Å². The molecular formula is C20H25F3N2O. The summed E-state index contributed by atoms with van der Waals surface area (Å²) in [5.74, 6) is -0.191. The molecule has 1 saturated heterocycles. The Kier molecular flexibility index (Phi) is 6.01. The highest BCUT2D eigenvalue weighted by Gasteiger charge is 2.30. The van der Waals surface area contributed by atoms with Crippen molar-refractivity contribution in [3.05, 3.63) is 41.5 Å². The highest BCUT2D eigenvalue weighted by molar-refractivity contribution is 5.91. The Balaban J connectivity index is 1.44. The first-order valence-electron chi connectivity index (χ1n) is 9.32. The van der Waals surface area contributed by atoms with Crippen LogP contribution in [0.25, 0.3) is 6.08 Å². The van der Waals surface area contributed by atoms with E-state index < -0.39 is 11.7 Å². The van der Waals surface area contributed by atoms with Crippen molar-refractivity contribution >= 4 is 12.0 Å². The molecule has 26 heavy (non-hydrogen) atoms. The van der Waals surface area contributed by atoms with E-state index in [4.69, 9.17) is 0 Å². The van der Waals surface area contributed by atoms with Crippen molar-refractivity contribution in [2.24, 2.45) is 0 Å². The van der Waals surface area contributed by atoms with Crippen molar-refractivity contribution in [3.63, 3.8) is 0 Å². The summed E-state index contributed by atoms with van der Waals surface area (Å²) in [5.41, 5.74) is -0.114. The first-order valence-corrected chi connectivity index (χ1v) is 9.32. The summed E-state index contributed by atoms with van der Waals surface area (Å²) in [5, 5.41) is 3.00. The van der Waals surface area contributed by atoms with Gasteiger partial charge >= 0.3 is 6.18 Å². The fourth-order valence-electron chi connectivity index (χ4n) is 3.88. The molecule has 1 aliphatic carbocycles. The van der Waals surface area contributed by atoms with Gasteiger partial charge in [-0.1, -0.05) is 25.0 Å². The van der Waals surface area contributed by atoms with Crippen LogP contribution >= 0.6 is 0 Å². The summed E-state index contributed by atoms with van der Waals surface area (Å²) in [4.78, 5) is 14.6. The fraction of sp³-hybridized carbons (Fsp3) is 0.550. The van der Waals surface area contributed by atoms with E-state index in [9.17, 15) is 18.0 Å². The lowest BCUT2D eigenvalue weighted by Gasteiger charge is -2.36. The Morgan fingerprint density at radius 3 is 2.23 bits per heavy atom. The number of alkyl halides is 3. The highest BCUT2D eigenvalue weighted by Crippen LogP contribution is 2.29. The second kappa shape index (κ2) is 8.25. The molecule has 3 nitrogen and oxygen atoms in total. The Morgan fingerprint density at radius 1 is 1.04 bits per heavy atom. The van der Waals surface area contributed by atoms with Gasteiger partial charge in [-0.3, -0.25) is 4.79 Å². The molecule has 2 fully saturated rings. The van der Waals surface area contributed by atoms with Gasteiger partial charge < -0.3 is 10.2 Å². The molecule has 1 aromatic rings. The van der Waals surface area contributed by atoms with Gasteiger partial charge in [-0.15, -0.1) is 0 Å². The van der Waals surface area contributed by atoms with Gasteiger partial charge in [0, 0.05) is 31.2 Å². The van der Waals surface area contributed by atoms with Crippen LogP contribution in [-0.2, 0) is 11.0 Å². The Morgan fingerprint density at radius 2 is 1.65 bits per heavy atom. The van der Waals surface area contributed by atoms with E-state index >= 15 is 0 Å². The van der Waals surface area contributed by atoms with E-state index in [0.29, 0.717) is 5.56 Å². The summed E-state index contributed by atoms with van der Waals surface area (Å²) in [7, 11) is 0. The lowest BCUT2D eigenvalue weighted by molar-refractivity contribution is -0.137. The molecule has 142 valence electrons. The van der Waals surface area contributed by atoms with Gasteiger partial charge in [0.1, 0.15) is 0 Å². The Bertz CT molecular complexity index is 625. The van der Waals surface area contributed by atoms with Crippen LogP contribution in [0.3, 0.4) is 0 Å². The maximum absolute atomic E-state index is 12.5. The minimum atomic E-state index is -4.34. The van der Waals surface area contributed by atoms with Crippen LogP contribution in [0.1, 0.15) is 49.7 Å². The van der Waals surface area contributed by atoms with Crippen molar-refractivity contribution in [1.29, 1.82) is 0 Å². The molecule has 0 atom stereocenters. The zero-order chi connectivity index (χ0) is 18.6. The van der Waals surface area contributed by atoms with E-state index in [2.05, 4.69) is 10.2 Å². The normalized spacial score (nSPS) is 20.7. The second-order valence-electron chi connectivity index (χ2n) is 7.21. The number of carbonyl (C=O) groups excluding carboxylic acids is 1. The summed E-state index contributed by atoms with van der Waals surface area (Å²) in [6.07, 6.45) is 5.76. The molecule has 1 aliphatic heterocycles. The molecule has 1 aromatic carbocycles. The van der Waals surface area contributed by atoms with Crippen molar-refractivity contribution in [2.75, 3.05) is 13.1 Å². The quantitative estimate of drug-likeness (QED) is 0.809. The average molecular weight is 366 g/mol. The number of nitrogens with zero attached hydrogens (tertiary/aromatic N) is 1. The van der Waals surface area contributed by atoms with E-state index in [-0.39, 0.29) is 11.9 Å². The molecular weight excluding hydrogens is 341 g/mol. The van der Waals surface area contributed by atoms with Gasteiger partial charge in [0.25, 0.3) is 0 Å². The number of hydrogen-bond donors (Lipinski definition) is 1. The third-order valence-electron chi connectivity index (χ3n) is 5.38. The van der Waals surface area contributed by atoms with E-state index in [1.165, 1.54) is 43.9 Å². The molecule has 6 heteroatoms. The van der Waals surface area contributed by atoms with Crippen LogP contribution in [0.2, 0.25) is 0 Å². The minimum Gasteiger partial charge on any atom is -0.350 e. The molecule has 1 N–H and O–H groups in total. The molecule has 3 rings (SSSR count). The maximum Gasteiger partial charge on any atom is 0.416 e. The first-order chi connectivity index (χ1) is 12.4. The fourth-order valence-corrected chi connectivity index (χ4v) is 3.88. The van der Waals surface area contributed by atoms with E-state index in [1.807, 2.05) is 0 Å². The number of amides is 1. The molecule has 1 heterocycles. The molecule has 1 saturated carbocycles. The number of rotatable bonds is 4. The summed E-state index contributed by atoms with van der Waals surface area (Å²) >= 11 is 0. The van der Waals surface area contributed by atoms with Crippen molar-refractivity contribution in [2.45, 2.75) is 56.8 Å². The van der Waals surface area contributed by atoms with Crippen LogP contribution in [-0.4, -0.2) is 36.0 Å². The van der Waals surface area contributed by atoms with Crippen LogP contribution in [0, 0.1) is 0 Å². The van der Waals surface area contributed by atoms with Crippen molar-refractivity contribution < 1.29 is 18.0 Å². The van der Waals surface area contributed by atoms with E-state index in [0.717, 1.165) is 44.1 Å². The number of piperidine rings is 1. The predicted octanol–water partition coefficient (Wildman–Crippen LogP) is 4.24. The lowest BCUT2D eigenvalue weighted by Crippen LogP contribution is -2.47. The van der Waals surface area contributed by atoms with Gasteiger partial charge in [0.05, 0.1) is 5.56 Å². The van der Waals surface area contributed by atoms with Crippen molar-refractivity contribution in [3.8, 4) is 0 Å². The molecule has 0 radical (unpaired) electrons. The maximum atomic E-state index is 12.5. The number of nitrogens with one attached hydrogen (secondary N) is 1. The van der Waals surface area contributed by atoms with Crippen molar-refractivity contribution in [1.82, 2.24) is 10.2 Å². The summed E-state index contributed by atoms with van der Waals surface area (Å²) in [6.45, 7) is 2.05. The zero-order valence-electron chi connectivity index (χ0n) is 14.8. The number of halogens is 3. The molecule has 2 aliphatic rings. The van der Waals surface area contributed by atoms with Gasteiger partial charge in [-0.25, -0.2) is 0 Å². The predicted molar refractivity (Wildman–Crippen MR) is 95.5 cm³/mol. The third-order valence-corrected chi connectivity index (χ3v) is 5.38. The van der Waals surface area contributed by atoms with Gasteiger partial charge in [0.2, 0.25) is 5.91 Å². The highest BCUT2D eigenvalue weighted by atomic mass is 19.4. The smallest absolute Gasteiger partial charge is 0.350 e. The minimum absolute atomic E-state index is 0.178. The summed E-state index contributed by atoms with van der Waals surface area (Å²) < 4.78 is 37.6. The second-order valence-corrected chi connectivity index (χ2v) is 7.21. The molecule has 0 bridgehead atoms. The molecule has 0 spiro atoms. The molecule has 1 amide bonds. The van der Waals surface area contributed by atoms with Crippen LogP contribution in [0.4, 0.5) is 13.2 Å². The van der Waals surface area contributed by atoms with E-state index in [1.54, 1.807) is 6.08 Å². The standard InChI is InChI=1S/C20H25F3N2O/c21-20(22,23)16-8-5-15(6-9-16)7-10-19(26)24-17-11-13-25(14-12-17)18-3-1-2-4-18/h5-10,17-18H,1-4,11-14H2,(H,24,26). The van der Waals surface area contributed by atoms with Crippen LogP contribution in [0.15, 0.2) is 30.3 Å². The summed E-state index contributed by atoms with van der Waals surface area (Å²) in [6, 6.07) is 5.69.